The van der Waals surface area contributed by atoms with Gasteiger partial charge in [-0.25, -0.2) is 0 Å². The standard InChI is InChI=1S/C10H8N2O/c13-10-6-12-8-4-2-1-3-7(8)5-9(12)11-10/h1-5H,6H2,(H,11,13). The van der Waals surface area contributed by atoms with E-state index in [1.165, 1.54) is 5.39 Å². The highest BCUT2D eigenvalue weighted by Crippen LogP contribution is 2.26. The van der Waals surface area contributed by atoms with Gasteiger partial charge in [0.2, 0.25) is 5.91 Å². The van der Waals surface area contributed by atoms with Crippen LogP contribution >= 0.6 is 0 Å². The number of hydrogen-bond acceptors (Lipinski definition) is 1. The van der Waals surface area contributed by atoms with Crippen molar-refractivity contribution >= 4 is 22.6 Å². The second kappa shape index (κ2) is 2.13. The van der Waals surface area contributed by atoms with Gasteiger partial charge < -0.3 is 9.88 Å². The Labute approximate surface area is 75.0 Å². The Morgan fingerprint density at radius 1 is 1.31 bits per heavy atom. The van der Waals surface area contributed by atoms with Gasteiger partial charge in [0.05, 0.1) is 5.52 Å². The zero-order valence-electron chi connectivity index (χ0n) is 6.95. The van der Waals surface area contributed by atoms with E-state index in [0.29, 0.717) is 6.54 Å². The van der Waals surface area contributed by atoms with Crippen molar-refractivity contribution in [1.29, 1.82) is 0 Å². The van der Waals surface area contributed by atoms with E-state index in [1.54, 1.807) is 0 Å². The van der Waals surface area contributed by atoms with E-state index in [9.17, 15) is 4.79 Å². The first-order valence-corrected chi connectivity index (χ1v) is 4.23. The molecular weight excluding hydrogens is 164 g/mol. The molecule has 3 rings (SSSR count). The van der Waals surface area contributed by atoms with Crippen molar-refractivity contribution in [3.8, 4) is 0 Å². The molecule has 13 heavy (non-hydrogen) atoms. The molecule has 64 valence electrons. The van der Waals surface area contributed by atoms with Gasteiger partial charge in [0, 0.05) is 5.39 Å². The van der Waals surface area contributed by atoms with Crippen LogP contribution in [0.15, 0.2) is 30.3 Å². The minimum Gasteiger partial charge on any atom is -0.318 e. The summed E-state index contributed by atoms with van der Waals surface area (Å²) in [7, 11) is 0. The molecule has 1 aliphatic rings. The molecule has 0 fully saturated rings. The molecule has 2 aromatic rings. The van der Waals surface area contributed by atoms with Crippen molar-refractivity contribution in [2.24, 2.45) is 0 Å². The molecule has 0 saturated carbocycles. The molecule has 3 heteroatoms. The second-order valence-electron chi connectivity index (χ2n) is 3.22. The van der Waals surface area contributed by atoms with Gasteiger partial charge in [-0.15, -0.1) is 0 Å². The first-order chi connectivity index (χ1) is 6.34. The van der Waals surface area contributed by atoms with Crippen molar-refractivity contribution in [3.63, 3.8) is 0 Å². The first kappa shape index (κ1) is 6.71. The van der Waals surface area contributed by atoms with Crippen molar-refractivity contribution in [1.82, 2.24) is 4.57 Å². The van der Waals surface area contributed by atoms with Crippen LogP contribution < -0.4 is 5.32 Å². The highest BCUT2D eigenvalue weighted by Gasteiger charge is 2.18. The third-order valence-electron chi connectivity index (χ3n) is 2.38. The van der Waals surface area contributed by atoms with Crippen LogP contribution in [-0.4, -0.2) is 10.5 Å². The summed E-state index contributed by atoms with van der Waals surface area (Å²) >= 11 is 0. The summed E-state index contributed by atoms with van der Waals surface area (Å²) in [4.78, 5) is 11.1. The van der Waals surface area contributed by atoms with E-state index >= 15 is 0 Å². The van der Waals surface area contributed by atoms with Crippen LogP contribution in [0.5, 0.6) is 0 Å². The van der Waals surface area contributed by atoms with Crippen molar-refractivity contribution < 1.29 is 4.79 Å². The lowest BCUT2D eigenvalue weighted by atomic mass is 10.2. The normalized spacial score (nSPS) is 14.6. The molecule has 0 unspecified atom stereocenters. The lowest BCUT2D eigenvalue weighted by Gasteiger charge is -1.95. The summed E-state index contributed by atoms with van der Waals surface area (Å²) in [6.07, 6.45) is 0. The van der Waals surface area contributed by atoms with Gasteiger partial charge in [-0.05, 0) is 12.1 Å². The predicted octanol–water partition coefficient (Wildman–Crippen LogP) is 1.59. The van der Waals surface area contributed by atoms with Crippen LogP contribution in [0.3, 0.4) is 0 Å². The quantitative estimate of drug-likeness (QED) is 0.643. The number of hydrogen-bond donors (Lipinski definition) is 1. The Balaban J connectivity index is 2.37. The van der Waals surface area contributed by atoms with E-state index in [-0.39, 0.29) is 5.91 Å². The van der Waals surface area contributed by atoms with Crippen molar-refractivity contribution in [2.45, 2.75) is 6.54 Å². The zero-order chi connectivity index (χ0) is 8.84. The maximum Gasteiger partial charge on any atom is 0.245 e. The van der Waals surface area contributed by atoms with Crippen LogP contribution in [0.1, 0.15) is 0 Å². The van der Waals surface area contributed by atoms with Gasteiger partial charge in [0.25, 0.3) is 0 Å². The Hall–Kier alpha value is -1.77. The van der Waals surface area contributed by atoms with Gasteiger partial charge in [0.1, 0.15) is 12.4 Å². The Morgan fingerprint density at radius 3 is 3.08 bits per heavy atom. The molecular formula is C10H8N2O. The van der Waals surface area contributed by atoms with Gasteiger partial charge in [-0.1, -0.05) is 18.2 Å². The van der Waals surface area contributed by atoms with Crippen LogP contribution in [0.25, 0.3) is 10.9 Å². The summed E-state index contributed by atoms with van der Waals surface area (Å²) in [5.74, 6) is 0.979. The lowest BCUT2D eigenvalue weighted by molar-refractivity contribution is -0.115. The van der Waals surface area contributed by atoms with E-state index < -0.39 is 0 Å². The van der Waals surface area contributed by atoms with Gasteiger partial charge in [-0.2, -0.15) is 0 Å². The largest absolute Gasteiger partial charge is 0.318 e. The maximum atomic E-state index is 11.1. The number of para-hydroxylation sites is 1. The molecule has 0 aliphatic carbocycles. The Morgan fingerprint density at radius 2 is 2.15 bits per heavy atom. The average Bonchev–Trinajstić information content (AvgIpc) is 2.60. The molecule has 0 saturated heterocycles. The molecule has 0 radical (unpaired) electrons. The summed E-state index contributed by atoms with van der Waals surface area (Å²) in [5.41, 5.74) is 1.12. The molecule has 1 aromatic heterocycles. The minimum atomic E-state index is 0.0701. The fraction of sp³-hybridized carbons (Fsp3) is 0.100. The summed E-state index contributed by atoms with van der Waals surface area (Å²) in [6.45, 7) is 0.447. The topological polar surface area (TPSA) is 34.0 Å². The zero-order valence-corrected chi connectivity index (χ0v) is 6.95. The fourth-order valence-corrected chi connectivity index (χ4v) is 1.81. The molecule has 3 nitrogen and oxygen atoms in total. The van der Waals surface area contributed by atoms with Gasteiger partial charge in [-0.3, -0.25) is 4.79 Å². The van der Waals surface area contributed by atoms with E-state index in [4.69, 9.17) is 0 Å². The molecule has 0 bridgehead atoms. The summed E-state index contributed by atoms with van der Waals surface area (Å²) in [5, 5.41) is 3.99. The molecule has 1 N–H and O–H groups in total. The van der Waals surface area contributed by atoms with Crippen LogP contribution in [0.2, 0.25) is 0 Å². The number of fused-ring (bicyclic) bond motifs is 3. The highest BCUT2D eigenvalue weighted by molar-refractivity contribution is 5.99. The van der Waals surface area contributed by atoms with Gasteiger partial charge in [0.15, 0.2) is 0 Å². The molecule has 0 atom stereocenters. The number of anilines is 1. The van der Waals surface area contributed by atoms with E-state index in [1.807, 2.05) is 34.9 Å². The van der Waals surface area contributed by atoms with Crippen LogP contribution in [0.4, 0.5) is 5.82 Å². The number of nitrogens with one attached hydrogen (secondary N) is 1. The third-order valence-corrected chi connectivity index (χ3v) is 2.38. The number of benzene rings is 1. The first-order valence-electron chi connectivity index (χ1n) is 4.23. The van der Waals surface area contributed by atoms with E-state index in [0.717, 1.165) is 11.3 Å². The number of rotatable bonds is 0. The Kier molecular flexibility index (Phi) is 1.10. The second-order valence-corrected chi connectivity index (χ2v) is 3.22. The fourth-order valence-electron chi connectivity index (χ4n) is 1.81. The highest BCUT2D eigenvalue weighted by atomic mass is 16.2. The summed E-state index contributed by atoms with van der Waals surface area (Å²) < 4.78 is 2.00. The SMILES string of the molecule is O=C1Cn2c(cc3ccccc32)N1. The number of aromatic nitrogens is 1. The molecule has 2 heterocycles. The lowest BCUT2D eigenvalue weighted by Crippen LogP contribution is -2.05. The van der Waals surface area contributed by atoms with Gasteiger partial charge >= 0.3 is 0 Å². The number of amides is 1. The molecule has 0 spiro atoms. The van der Waals surface area contributed by atoms with Crippen LogP contribution in [0, 0.1) is 0 Å². The number of nitrogens with zero attached hydrogens (tertiary/aromatic N) is 1. The predicted molar refractivity (Wildman–Crippen MR) is 50.6 cm³/mol. The molecule has 1 amide bonds. The van der Waals surface area contributed by atoms with E-state index in [2.05, 4.69) is 5.32 Å². The minimum absolute atomic E-state index is 0.0701. The number of carbonyl (C=O) groups is 1. The van der Waals surface area contributed by atoms with Crippen molar-refractivity contribution in [2.75, 3.05) is 5.32 Å². The van der Waals surface area contributed by atoms with Crippen molar-refractivity contribution in [3.05, 3.63) is 30.3 Å². The summed E-state index contributed by atoms with van der Waals surface area (Å²) in [6, 6.07) is 10.1. The average molecular weight is 172 g/mol. The maximum absolute atomic E-state index is 11.1. The Bertz CT molecular complexity index is 499. The molecule has 1 aliphatic heterocycles. The third kappa shape index (κ3) is 0.811. The smallest absolute Gasteiger partial charge is 0.245 e. The number of carbonyl (C=O) groups excluding carboxylic acids is 1. The molecule has 1 aromatic carbocycles. The van der Waals surface area contributed by atoms with Crippen LogP contribution in [-0.2, 0) is 11.3 Å². The monoisotopic (exact) mass is 172 g/mol.